The van der Waals surface area contributed by atoms with Gasteiger partial charge in [-0.05, 0) is 43.7 Å². The van der Waals surface area contributed by atoms with Crippen LogP contribution in [0.15, 0.2) is 42.9 Å². The molecule has 0 saturated carbocycles. The highest BCUT2D eigenvalue weighted by atomic mass is 35.5. The Balaban J connectivity index is 1.30. The molecule has 3 aromatic rings. The van der Waals surface area contributed by atoms with Crippen LogP contribution in [0.5, 0.6) is 5.75 Å². The van der Waals surface area contributed by atoms with Crippen LogP contribution in [-0.4, -0.2) is 40.9 Å². The number of aromatic nitrogens is 2. The minimum atomic E-state index is -0.453. The van der Waals surface area contributed by atoms with Crippen LogP contribution in [0.2, 0.25) is 10.0 Å². The number of nitrogens with zero attached hydrogens (tertiary/aromatic N) is 3. The van der Waals surface area contributed by atoms with Crippen molar-refractivity contribution in [1.29, 1.82) is 5.41 Å². The molecule has 10 heteroatoms. The highest BCUT2D eigenvalue weighted by Crippen LogP contribution is 2.34. The SMILES string of the molecule is N=C(c1cnc(N2CC3(CCCCN3)C2)c(F)c1)c1cc(OCc2c(Cl)cncc2Cl)ccc1N. The lowest BCUT2D eigenvalue weighted by atomic mass is 9.82. The monoisotopic (exact) mass is 514 g/mol. The van der Waals surface area contributed by atoms with Crippen molar-refractivity contribution in [2.24, 2.45) is 0 Å². The summed E-state index contributed by atoms with van der Waals surface area (Å²) in [5.41, 5.74) is 8.00. The predicted octanol–water partition coefficient (Wildman–Crippen LogP) is 4.83. The first-order valence-electron chi connectivity index (χ1n) is 11.4. The summed E-state index contributed by atoms with van der Waals surface area (Å²) in [4.78, 5) is 10.2. The number of rotatable bonds is 6. The van der Waals surface area contributed by atoms with Crippen molar-refractivity contribution in [1.82, 2.24) is 15.3 Å². The number of anilines is 2. The zero-order chi connectivity index (χ0) is 24.6. The molecule has 0 bridgehead atoms. The average Bonchev–Trinajstić information content (AvgIpc) is 2.83. The van der Waals surface area contributed by atoms with Crippen LogP contribution in [0, 0.1) is 11.2 Å². The lowest BCUT2D eigenvalue weighted by molar-refractivity contribution is 0.200. The maximum absolute atomic E-state index is 15.0. The molecule has 4 N–H and O–H groups in total. The second kappa shape index (κ2) is 9.60. The van der Waals surface area contributed by atoms with Gasteiger partial charge in [0.1, 0.15) is 12.4 Å². The lowest BCUT2D eigenvalue weighted by Crippen LogP contribution is -2.71. The molecule has 1 spiro atoms. The van der Waals surface area contributed by atoms with Crippen molar-refractivity contribution in [3.8, 4) is 5.75 Å². The molecule has 2 saturated heterocycles. The summed E-state index contributed by atoms with van der Waals surface area (Å²) < 4.78 is 20.8. The molecule has 1 aromatic carbocycles. The van der Waals surface area contributed by atoms with E-state index in [2.05, 4.69) is 15.3 Å². The van der Waals surface area contributed by atoms with Crippen molar-refractivity contribution in [2.45, 2.75) is 31.4 Å². The first kappa shape index (κ1) is 23.8. The number of piperidine rings is 1. The van der Waals surface area contributed by atoms with E-state index in [0.717, 1.165) is 26.1 Å². The topological polar surface area (TPSA) is 100 Å². The standard InChI is InChI=1S/C25H25Cl2FN6O/c26-19-10-31-11-20(27)18(19)12-35-16-3-4-22(29)17(8-16)23(30)15-7-21(28)24(32-9-15)34-13-25(14-34)5-1-2-6-33-25/h3-4,7-11,30,33H,1-2,5-6,12-14,29H2. The van der Waals surface area contributed by atoms with Gasteiger partial charge in [0.05, 0.1) is 21.3 Å². The normalized spacial score (nSPS) is 16.7. The van der Waals surface area contributed by atoms with Gasteiger partial charge in [-0.15, -0.1) is 0 Å². The smallest absolute Gasteiger partial charge is 0.166 e. The van der Waals surface area contributed by atoms with Crippen molar-refractivity contribution in [2.75, 3.05) is 30.3 Å². The summed E-state index contributed by atoms with van der Waals surface area (Å²) >= 11 is 12.3. The van der Waals surface area contributed by atoms with Crippen LogP contribution >= 0.6 is 23.2 Å². The molecule has 0 amide bonds. The highest BCUT2D eigenvalue weighted by molar-refractivity contribution is 6.35. The third-order valence-corrected chi connectivity index (χ3v) is 7.26. The van der Waals surface area contributed by atoms with Crippen LogP contribution in [-0.2, 0) is 6.61 Å². The third-order valence-electron chi connectivity index (χ3n) is 6.61. The predicted molar refractivity (Wildman–Crippen MR) is 136 cm³/mol. The molecule has 2 aliphatic heterocycles. The molecule has 35 heavy (non-hydrogen) atoms. The van der Waals surface area contributed by atoms with Crippen molar-refractivity contribution in [3.05, 3.63) is 75.4 Å². The second-order valence-corrected chi connectivity index (χ2v) is 9.86. The van der Waals surface area contributed by atoms with Gasteiger partial charge in [-0.2, -0.15) is 0 Å². The van der Waals surface area contributed by atoms with Crippen molar-refractivity contribution >= 4 is 40.4 Å². The van der Waals surface area contributed by atoms with Gasteiger partial charge in [-0.25, -0.2) is 9.37 Å². The second-order valence-electron chi connectivity index (χ2n) is 9.04. The van der Waals surface area contributed by atoms with Crippen LogP contribution < -0.4 is 20.7 Å². The number of nitrogen functional groups attached to an aromatic ring is 1. The van der Waals surface area contributed by atoms with E-state index in [0.29, 0.717) is 44.0 Å². The molecule has 2 aliphatic rings. The fourth-order valence-electron chi connectivity index (χ4n) is 4.66. The fraction of sp³-hybridized carbons (Fsp3) is 0.320. The van der Waals surface area contributed by atoms with Crippen molar-refractivity contribution in [3.63, 3.8) is 0 Å². The highest BCUT2D eigenvalue weighted by Gasteiger charge is 2.44. The molecule has 4 heterocycles. The zero-order valence-electron chi connectivity index (χ0n) is 19.0. The Morgan fingerprint density at radius 1 is 1.17 bits per heavy atom. The van der Waals surface area contributed by atoms with E-state index >= 15 is 4.39 Å². The van der Waals surface area contributed by atoms with Gasteiger partial charge in [0.15, 0.2) is 11.6 Å². The summed E-state index contributed by atoms with van der Waals surface area (Å²) in [5.74, 6) is 0.334. The van der Waals surface area contributed by atoms with Gasteiger partial charge in [-0.1, -0.05) is 29.6 Å². The van der Waals surface area contributed by atoms with E-state index in [9.17, 15) is 0 Å². The summed E-state index contributed by atoms with van der Waals surface area (Å²) in [6.45, 7) is 2.61. The minimum absolute atomic E-state index is 0.0555. The summed E-state index contributed by atoms with van der Waals surface area (Å²) in [5, 5.41) is 13.0. The van der Waals surface area contributed by atoms with Crippen LogP contribution in [0.25, 0.3) is 0 Å². The van der Waals surface area contributed by atoms with Gasteiger partial charge in [-0.3, -0.25) is 10.4 Å². The van der Waals surface area contributed by atoms with Crippen LogP contribution in [0.4, 0.5) is 15.9 Å². The maximum Gasteiger partial charge on any atom is 0.166 e. The molecule has 2 fully saturated rings. The number of hydrogen-bond acceptors (Lipinski definition) is 7. The van der Waals surface area contributed by atoms with E-state index in [-0.39, 0.29) is 17.9 Å². The van der Waals surface area contributed by atoms with Gasteiger partial charge in [0, 0.05) is 54.1 Å². The Labute approximate surface area is 212 Å². The van der Waals surface area contributed by atoms with Gasteiger partial charge < -0.3 is 20.7 Å². The summed E-state index contributed by atoms with van der Waals surface area (Å²) in [6.07, 6.45) is 7.99. The van der Waals surface area contributed by atoms with Crippen LogP contribution in [0.1, 0.15) is 36.0 Å². The largest absolute Gasteiger partial charge is 0.489 e. The van der Waals surface area contributed by atoms with E-state index < -0.39 is 5.82 Å². The molecule has 0 atom stereocenters. The number of pyridine rings is 2. The first-order chi connectivity index (χ1) is 16.8. The molecule has 2 aromatic heterocycles. The van der Waals surface area contributed by atoms with E-state index in [1.54, 1.807) is 18.2 Å². The number of halogens is 3. The van der Waals surface area contributed by atoms with E-state index in [1.807, 2.05) is 4.90 Å². The number of nitrogens with one attached hydrogen (secondary N) is 2. The number of hydrogen-bond donors (Lipinski definition) is 3. The maximum atomic E-state index is 15.0. The number of nitrogens with two attached hydrogens (primary N) is 1. The molecule has 5 rings (SSSR count). The summed E-state index contributed by atoms with van der Waals surface area (Å²) in [7, 11) is 0. The lowest BCUT2D eigenvalue weighted by Gasteiger charge is -2.53. The minimum Gasteiger partial charge on any atom is -0.489 e. The number of benzene rings is 1. The Hall–Kier alpha value is -2.94. The third kappa shape index (κ3) is 4.78. The molecule has 0 radical (unpaired) electrons. The molecule has 0 aliphatic carbocycles. The van der Waals surface area contributed by atoms with E-state index in [1.165, 1.54) is 37.5 Å². The average molecular weight is 515 g/mol. The zero-order valence-corrected chi connectivity index (χ0v) is 20.5. The van der Waals surface area contributed by atoms with Crippen molar-refractivity contribution < 1.29 is 9.13 Å². The Kier molecular flexibility index (Phi) is 6.53. The first-order valence-corrected chi connectivity index (χ1v) is 12.2. The number of ether oxygens (including phenoxy) is 1. The molecule has 0 unspecified atom stereocenters. The van der Waals surface area contributed by atoms with Gasteiger partial charge in [0.25, 0.3) is 0 Å². The molecular weight excluding hydrogens is 490 g/mol. The molecule has 182 valence electrons. The van der Waals surface area contributed by atoms with Gasteiger partial charge >= 0.3 is 0 Å². The Morgan fingerprint density at radius 3 is 2.63 bits per heavy atom. The molecular formula is C25H25Cl2FN6O. The van der Waals surface area contributed by atoms with E-state index in [4.69, 9.17) is 39.1 Å². The summed E-state index contributed by atoms with van der Waals surface area (Å²) in [6, 6.07) is 6.31. The Morgan fingerprint density at radius 2 is 1.94 bits per heavy atom. The quantitative estimate of drug-likeness (QED) is 0.321. The molecule has 7 nitrogen and oxygen atoms in total. The van der Waals surface area contributed by atoms with Crippen LogP contribution in [0.3, 0.4) is 0 Å². The van der Waals surface area contributed by atoms with Gasteiger partial charge in [0.2, 0.25) is 0 Å². The Bertz CT molecular complexity index is 1250. The fourth-order valence-corrected chi connectivity index (χ4v) is 5.14.